The number of hydrogen-bond donors (Lipinski definition) is 0. The Bertz CT molecular complexity index is 425. The van der Waals surface area contributed by atoms with Crippen LogP contribution in [0.2, 0.25) is 0 Å². The lowest BCUT2D eigenvalue weighted by Gasteiger charge is -2.23. The zero-order valence-electron chi connectivity index (χ0n) is 8.63. The number of hydrogen-bond acceptors (Lipinski definition) is 2. The molecule has 0 aliphatic heterocycles. The standard InChI is InChI=1S/C10H9BrF3NO2/c11-8-7(3-4-17-8)9(16)15(6-1-2-6)5-10(12,13)14/h3-4,6H,1-2,5H2. The molecule has 1 fully saturated rings. The van der Waals surface area contributed by atoms with Gasteiger partial charge in [-0.05, 0) is 34.8 Å². The van der Waals surface area contributed by atoms with Crippen LogP contribution in [-0.2, 0) is 0 Å². The van der Waals surface area contributed by atoms with Gasteiger partial charge in [-0.2, -0.15) is 13.2 Å². The molecular weight excluding hydrogens is 303 g/mol. The molecule has 3 nitrogen and oxygen atoms in total. The molecule has 1 aromatic rings. The van der Waals surface area contributed by atoms with Crippen LogP contribution in [0.5, 0.6) is 0 Å². The molecular formula is C10H9BrF3NO2. The van der Waals surface area contributed by atoms with E-state index in [-0.39, 0.29) is 16.3 Å². The second kappa shape index (κ2) is 4.36. The minimum Gasteiger partial charge on any atom is -0.457 e. The number of halogens is 4. The maximum absolute atomic E-state index is 12.4. The van der Waals surface area contributed by atoms with Crippen molar-refractivity contribution in [2.75, 3.05) is 6.54 Å². The van der Waals surface area contributed by atoms with Gasteiger partial charge >= 0.3 is 6.18 Å². The first-order valence-electron chi connectivity index (χ1n) is 4.99. The summed E-state index contributed by atoms with van der Waals surface area (Å²) in [6.45, 7) is -1.21. The largest absolute Gasteiger partial charge is 0.457 e. The summed E-state index contributed by atoms with van der Waals surface area (Å²) in [5, 5.41) is 0. The fourth-order valence-electron chi connectivity index (χ4n) is 1.55. The third kappa shape index (κ3) is 3.02. The normalized spacial score (nSPS) is 16.0. The van der Waals surface area contributed by atoms with Gasteiger partial charge in [0.25, 0.3) is 5.91 Å². The Morgan fingerprint density at radius 1 is 1.53 bits per heavy atom. The zero-order chi connectivity index (χ0) is 12.6. The van der Waals surface area contributed by atoms with Crippen LogP contribution in [0.3, 0.4) is 0 Å². The zero-order valence-corrected chi connectivity index (χ0v) is 10.2. The highest BCUT2D eigenvalue weighted by molar-refractivity contribution is 9.10. The summed E-state index contributed by atoms with van der Waals surface area (Å²) in [5.74, 6) is -0.648. The SMILES string of the molecule is O=C(c1ccoc1Br)N(CC(F)(F)F)C1CC1. The van der Waals surface area contributed by atoms with Gasteiger partial charge in [-0.3, -0.25) is 4.79 Å². The number of furan rings is 1. The first-order valence-corrected chi connectivity index (χ1v) is 5.78. The molecule has 94 valence electrons. The van der Waals surface area contributed by atoms with Crippen LogP contribution in [0.4, 0.5) is 13.2 Å². The number of alkyl halides is 3. The monoisotopic (exact) mass is 311 g/mol. The van der Waals surface area contributed by atoms with Crippen LogP contribution in [0.15, 0.2) is 21.4 Å². The van der Waals surface area contributed by atoms with Crippen molar-refractivity contribution in [1.82, 2.24) is 4.90 Å². The summed E-state index contributed by atoms with van der Waals surface area (Å²) in [7, 11) is 0. The van der Waals surface area contributed by atoms with E-state index in [1.807, 2.05) is 0 Å². The Kier molecular flexibility index (Phi) is 3.20. The van der Waals surface area contributed by atoms with Gasteiger partial charge in [0.05, 0.1) is 11.8 Å². The van der Waals surface area contributed by atoms with Crippen LogP contribution in [-0.4, -0.2) is 29.6 Å². The van der Waals surface area contributed by atoms with Gasteiger partial charge in [0.2, 0.25) is 0 Å². The van der Waals surface area contributed by atoms with E-state index >= 15 is 0 Å². The molecule has 0 atom stereocenters. The molecule has 0 bridgehead atoms. The average Bonchev–Trinajstić information content (AvgIpc) is 2.96. The number of amides is 1. The number of rotatable bonds is 3. The van der Waals surface area contributed by atoms with Crippen LogP contribution in [0, 0.1) is 0 Å². The second-order valence-corrected chi connectivity index (χ2v) is 4.61. The topological polar surface area (TPSA) is 33.5 Å². The van der Waals surface area contributed by atoms with Crippen molar-refractivity contribution in [2.45, 2.75) is 25.1 Å². The van der Waals surface area contributed by atoms with Gasteiger partial charge in [-0.1, -0.05) is 0 Å². The van der Waals surface area contributed by atoms with Crippen LogP contribution in [0.1, 0.15) is 23.2 Å². The van der Waals surface area contributed by atoms with Crippen molar-refractivity contribution < 1.29 is 22.4 Å². The molecule has 7 heteroatoms. The predicted octanol–water partition coefficient (Wildman–Crippen LogP) is 3.21. The molecule has 0 aromatic carbocycles. The molecule has 0 N–H and O–H groups in total. The molecule has 0 radical (unpaired) electrons. The summed E-state index contributed by atoms with van der Waals surface area (Å²) < 4.78 is 42.1. The summed E-state index contributed by atoms with van der Waals surface area (Å²) in [6, 6.07) is 1.06. The van der Waals surface area contributed by atoms with E-state index in [9.17, 15) is 18.0 Å². The van der Waals surface area contributed by atoms with Gasteiger partial charge in [0.15, 0.2) is 4.67 Å². The molecule has 1 aliphatic rings. The summed E-state index contributed by atoms with van der Waals surface area (Å²) in [4.78, 5) is 12.8. The van der Waals surface area contributed by atoms with Crippen molar-refractivity contribution in [3.63, 3.8) is 0 Å². The summed E-state index contributed by atoms with van der Waals surface area (Å²) in [5.41, 5.74) is 0.126. The quantitative estimate of drug-likeness (QED) is 0.859. The average molecular weight is 312 g/mol. The number of carbonyl (C=O) groups is 1. The van der Waals surface area contributed by atoms with Crippen molar-refractivity contribution in [3.05, 3.63) is 22.6 Å². The fourth-order valence-corrected chi connectivity index (χ4v) is 1.96. The van der Waals surface area contributed by atoms with E-state index in [1.165, 1.54) is 12.3 Å². The van der Waals surface area contributed by atoms with Crippen molar-refractivity contribution in [1.29, 1.82) is 0 Å². The van der Waals surface area contributed by atoms with Gasteiger partial charge < -0.3 is 9.32 Å². The molecule has 2 rings (SSSR count). The summed E-state index contributed by atoms with van der Waals surface area (Å²) >= 11 is 2.99. The lowest BCUT2D eigenvalue weighted by atomic mass is 10.3. The fraction of sp³-hybridized carbons (Fsp3) is 0.500. The molecule has 1 saturated carbocycles. The highest BCUT2D eigenvalue weighted by Crippen LogP contribution is 2.32. The Hall–Kier alpha value is -0.980. The lowest BCUT2D eigenvalue weighted by molar-refractivity contribution is -0.141. The van der Waals surface area contributed by atoms with E-state index < -0.39 is 18.6 Å². The molecule has 1 aliphatic carbocycles. The van der Waals surface area contributed by atoms with Gasteiger partial charge in [-0.25, -0.2) is 0 Å². The third-order valence-corrected chi connectivity index (χ3v) is 3.06. The Morgan fingerprint density at radius 2 is 2.18 bits per heavy atom. The van der Waals surface area contributed by atoms with Gasteiger partial charge in [0.1, 0.15) is 6.54 Å². The van der Waals surface area contributed by atoms with E-state index in [1.54, 1.807) is 0 Å². The molecule has 0 spiro atoms. The van der Waals surface area contributed by atoms with Crippen molar-refractivity contribution in [2.24, 2.45) is 0 Å². The number of carbonyl (C=O) groups excluding carboxylic acids is 1. The van der Waals surface area contributed by atoms with Crippen LogP contribution in [0.25, 0.3) is 0 Å². The van der Waals surface area contributed by atoms with Crippen molar-refractivity contribution >= 4 is 21.8 Å². The highest BCUT2D eigenvalue weighted by atomic mass is 79.9. The molecule has 1 amide bonds. The maximum Gasteiger partial charge on any atom is 0.406 e. The molecule has 0 unspecified atom stereocenters. The Morgan fingerprint density at radius 3 is 2.59 bits per heavy atom. The van der Waals surface area contributed by atoms with E-state index in [0.29, 0.717) is 12.8 Å². The van der Waals surface area contributed by atoms with E-state index in [0.717, 1.165) is 4.90 Å². The molecule has 17 heavy (non-hydrogen) atoms. The first-order chi connectivity index (χ1) is 7.88. The first kappa shape index (κ1) is 12.5. The molecule has 1 heterocycles. The minimum absolute atomic E-state index is 0.126. The van der Waals surface area contributed by atoms with E-state index in [2.05, 4.69) is 15.9 Å². The third-order valence-electron chi connectivity index (χ3n) is 2.45. The van der Waals surface area contributed by atoms with Crippen LogP contribution >= 0.6 is 15.9 Å². The molecule has 1 aromatic heterocycles. The predicted molar refractivity (Wildman–Crippen MR) is 56.5 cm³/mol. The van der Waals surface area contributed by atoms with Crippen molar-refractivity contribution in [3.8, 4) is 0 Å². The smallest absolute Gasteiger partial charge is 0.406 e. The molecule has 0 saturated heterocycles. The minimum atomic E-state index is -4.38. The van der Waals surface area contributed by atoms with E-state index in [4.69, 9.17) is 4.42 Å². The van der Waals surface area contributed by atoms with Crippen LogP contribution < -0.4 is 0 Å². The highest BCUT2D eigenvalue weighted by Gasteiger charge is 2.41. The van der Waals surface area contributed by atoms with Gasteiger partial charge in [-0.15, -0.1) is 0 Å². The maximum atomic E-state index is 12.4. The Balaban J connectivity index is 2.17. The summed E-state index contributed by atoms with van der Waals surface area (Å²) in [6.07, 6.45) is -1.88. The van der Waals surface area contributed by atoms with Gasteiger partial charge in [0, 0.05) is 6.04 Å². The second-order valence-electron chi connectivity index (χ2n) is 3.89. The number of nitrogens with zero attached hydrogens (tertiary/aromatic N) is 1. The Labute approximate surface area is 104 Å². The lowest BCUT2D eigenvalue weighted by Crippen LogP contribution is -2.40.